The van der Waals surface area contributed by atoms with Crippen LogP contribution in [0, 0.1) is 5.92 Å². The van der Waals surface area contributed by atoms with Crippen LogP contribution in [0.3, 0.4) is 0 Å². The van der Waals surface area contributed by atoms with Gasteiger partial charge in [-0.05, 0) is 30.9 Å². The van der Waals surface area contributed by atoms with Crippen LogP contribution in [0.4, 0.5) is 5.82 Å². The van der Waals surface area contributed by atoms with Crippen LogP contribution >= 0.6 is 11.6 Å². The number of likely N-dealkylation sites (tertiary alicyclic amines) is 1. The van der Waals surface area contributed by atoms with Crippen molar-refractivity contribution in [1.29, 1.82) is 0 Å². The van der Waals surface area contributed by atoms with Gasteiger partial charge in [0.1, 0.15) is 11.5 Å². The van der Waals surface area contributed by atoms with E-state index < -0.39 is 0 Å². The van der Waals surface area contributed by atoms with Crippen molar-refractivity contribution in [3.8, 4) is 0 Å². The number of rotatable bonds is 3. The van der Waals surface area contributed by atoms with Crippen LogP contribution in [-0.2, 0) is 0 Å². The average molecular weight is 285 g/mol. The fourth-order valence-corrected chi connectivity index (χ4v) is 2.33. The van der Waals surface area contributed by atoms with E-state index in [4.69, 9.17) is 22.6 Å². The molecule has 19 heavy (non-hydrogen) atoms. The van der Waals surface area contributed by atoms with Gasteiger partial charge < -0.3 is 15.4 Å². The molecule has 0 aromatic carbocycles. The van der Waals surface area contributed by atoms with Crippen molar-refractivity contribution in [1.82, 2.24) is 9.88 Å². The Morgan fingerprint density at radius 1 is 1.53 bits per heavy atom. The molecule has 4 N–H and O–H groups in total. The number of amides is 1. The normalized spacial score (nSPS) is 16.5. The third-order valence-electron chi connectivity index (χ3n) is 3.36. The zero-order valence-electron chi connectivity index (χ0n) is 10.5. The van der Waals surface area contributed by atoms with Crippen LogP contribution in [0.2, 0.25) is 5.02 Å². The third kappa shape index (κ3) is 3.15. The van der Waals surface area contributed by atoms with Gasteiger partial charge in [-0.3, -0.25) is 4.79 Å². The van der Waals surface area contributed by atoms with E-state index in [1.807, 2.05) is 0 Å². The molecular weight excluding hydrogens is 268 g/mol. The van der Waals surface area contributed by atoms with Crippen molar-refractivity contribution in [2.24, 2.45) is 11.8 Å². The number of hydrogen-bond donors (Lipinski definition) is 3. The molecule has 0 spiro atoms. The number of aliphatic hydroxyl groups excluding tert-OH is 1. The molecule has 1 aliphatic heterocycles. The fourth-order valence-electron chi connectivity index (χ4n) is 2.14. The van der Waals surface area contributed by atoms with Gasteiger partial charge in [-0.15, -0.1) is 0 Å². The van der Waals surface area contributed by atoms with Gasteiger partial charge in [-0.25, -0.2) is 10.8 Å². The number of carbonyl (C=O) groups excluding carboxylic acids is 1. The maximum atomic E-state index is 12.3. The van der Waals surface area contributed by atoms with E-state index in [1.54, 1.807) is 17.0 Å². The van der Waals surface area contributed by atoms with Gasteiger partial charge in [-0.1, -0.05) is 11.6 Å². The van der Waals surface area contributed by atoms with Crippen molar-refractivity contribution in [3.63, 3.8) is 0 Å². The van der Waals surface area contributed by atoms with Crippen molar-refractivity contribution < 1.29 is 9.90 Å². The van der Waals surface area contributed by atoms with Gasteiger partial charge in [0.05, 0.1) is 5.02 Å². The lowest BCUT2D eigenvalue weighted by atomic mass is 9.98. The van der Waals surface area contributed by atoms with Gasteiger partial charge in [0.15, 0.2) is 0 Å². The van der Waals surface area contributed by atoms with E-state index in [0.29, 0.717) is 23.9 Å². The monoisotopic (exact) mass is 284 g/mol. The maximum absolute atomic E-state index is 12.3. The molecule has 0 atom stereocenters. The predicted molar refractivity (Wildman–Crippen MR) is 72.8 cm³/mol. The smallest absolute Gasteiger partial charge is 0.274 e. The molecule has 0 aliphatic carbocycles. The van der Waals surface area contributed by atoms with E-state index in [0.717, 1.165) is 12.8 Å². The number of nitrogen functional groups attached to an aromatic ring is 1. The molecule has 0 bridgehead atoms. The van der Waals surface area contributed by atoms with Crippen molar-refractivity contribution in [2.45, 2.75) is 12.8 Å². The molecule has 6 nitrogen and oxygen atoms in total. The highest BCUT2D eigenvalue weighted by molar-refractivity contribution is 6.33. The molecule has 1 aliphatic rings. The Labute approximate surface area is 116 Å². The first-order valence-electron chi connectivity index (χ1n) is 6.19. The number of piperidine rings is 1. The minimum Gasteiger partial charge on any atom is -0.396 e. The lowest BCUT2D eigenvalue weighted by Crippen LogP contribution is -2.39. The molecule has 1 amide bonds. The van der Waals surface area contributed by atoms with Crippen molar-refractivity contribution >= 4 is 23.3 Å². The number of pyridine rings is 1. The highest BCUT2D eigenvalue weighted by Crippen LogP contribution is 2.22. The summed E-state index contributed by atoms with van der Waals surface area (Å²) in [5, 5.41) is 9.40. The molecule has 0 unspecified atom stereocenters. The minimum absolute atomic E-state index is 0.174. The number of aliphatic hydroxyl groups is 1. The average Bonchev–Trinajstić information content (AvgIpc) is 2.47. The number of nitrogens with one attached hydrogen (secondary N) is 1. The zero-order valence-corrected chi connectivity index (χ0v) is 11.2. The third-order valence-corrected chi connectivity index (χ3v) is 3.66. The second-order valence-electron chi connectivity index (χ2n) is 4.59. The number of nitrogens with zero attached hydrogens (tertiary/aromatic N) is 2. The summed E-state index contributed by atoms with van der Waals surface area (Å²) in [4.78, 5) is 18.1. The molecule has 2 rings (SSSR count). The SMILES string of the molecule is NNc1ccc(Cl)c(C(=O)N2CCC(CO)CC2)n1. The molecule has 1 fully saturated rings. The number of nitrogens with two attached hydrogens (primary N) is 1. The molecular formula is C12H17ClN4O2. The summed E-state index contributed by atoms with van der Waals surface area (Å²) >= 11 is 6.00. The summed E-state index contributed by atoms with van der Waals surface area (Å²) in [6.07, 6.45) is 1.60. The van der Waals surface area contributed by atoms with Crippen LogP contribution in [0.25, 0.3) is 0 Å². The zero-order chi connectivity index (χ0) is 13.8. The van der Waals surface area contributed by atoms with Gasteiger partial charge in [0, 0.05) is 19.7 Å². The van der Waals surface area contributed by atoms with E-state index in [-0.39, 0.29) is 24.1 Å². The Balaban J connectivity index is 2.11. The standard InChI is InChI=1S/C12H17ClN4O2/c13-9-1-2-10(16-14)15-11(9)12(19)17-5-3-8(7-18)4-6-17/h1-2,8,18H,3-7,14H2,(H,15,16). The first-order chi connectivity index (χ1) is 9.15. The van der Waals surface area contributed by atoms with Crippen molar-refractivity contribution in [2.75, 3.05) is 25.1 Å². The molecule has 104 valence electrons. The quantitative estimate of drug-likeness (QED) is 0.566. The predicted octanol–water partition coefficient (Wildman–Crippen LogP) is 0.865. The Morgan fingerprint density at radius 2 is 2.21 bits per heavy atom. The Kier molecular flexibility index (Phi) is 4.57. The second kappa shape index (κ2) is 6.18. The Bertz CT molecular complexity index is 461. The number of halogens is 1. The molecule has 1 aromatic rings. The number of aromatic nitrogens is 1. The number of anilines is 1. The molecule has 1 aromatic heterocycles. The highest BCUT2D eigenvalue weighted by Gasteiger charge is 2.25. The summed E-state index contributed by atoms with van der Waals surface area (Å²) in [5.74, 6) is 5.76. The van der Waals surface area contributed by atoms with Gasteiger partial charge in [-0.2, -0.15) is 0 Å². The lowest BCUT2D eigenvalue weighted by molar-refractivity contribution is 0.0645. The summed E-state index contributed by atoms with van der Waals surface area (Å²) < 4.78 is 0. The van der Waals surface area contributed by atoms with E-state index in [2.05, 4.69) is 10.4 Å². The number of hydrazine groups is 1. The number of hydrogen-bond acceptors (Lipinski definition) is 5. The highest BCUT2D eigenvalue weighted by atomic mass is 35.5. The summed E-state index contributed by atoms with van der Waals surface area (Å²) in [6, 6.07) is 3.20. The summed E-state index contributed by atoms with van der Waals surface area (Å²) in [5.41, 5.74) is 2.60. The van der Waals surface area contributed by atoms with E-state index >= 15 is 0 Å². The molecule has 1 saturated heterocycles. The van der Waals surface area contributed by atoms with Gasteiger partial charge >= 0.3 is 0 Å². The van der Waals surface area contributed by atoms with Crippen LogP contribution in [0.15, 0.2) is 12.1 Å². The largest absolute Gasteiger partial charge is 0.396 e. The molecule has 2 heterocycles. The Hall–Kier alpha value is -1.37. The fraction of sp³-hybridized carbons (Fsp3) is 0.500. The van der Waals surface area contributed by atoms with Crippen molar-refractivity contribution in [3.05, 3.63) is 22.8 Å². The Morgan fingerprint density at radius 3 is 2.79 bits per heavy atom. The van der Waals surface area contributed by atoms with Crippen LogP contribution in [-0.4, -0.2) is 40.6 Å². The molecule has 0 radical (unpaired) electrons. The maximum Gasteiger partial charge on any atom is 0.274 e. The molecule has 7 heteroatoms. The first kappa shape index (κ1) is 14.0. The van der Waals surface area contributed by atoms with Crippen LogP contribution in [0.1, 0.15) is 23.3 Å². The van der Waals surface area contributed by atoms with Crippen LogP contribution in [0.5, 0.6) is 0 Å². The first-order valence-corrected chi connectivity index (χ1v) is 6.56. The van der Waals surface area contributed by atoms with Gasteiger partial charge in [0.25, 0.3) is 5.91 Å². The minimum atomic E-state index is -0.196. The summed E-state index contributed by atoms with van der Waals surface area (Å²) in [7, 11) is 0. The van der Waals surface area contributed by atoms with Gasteiger partial charge in [0.2, 0.25) is 0 Å². The van der Waals surface area contributed by atoms with E-state index in [9.17, 15) is 4.79 Å². The summed E-state index contributed by atoms with van der Waals surface area (Å²) in [6.45, 7) is 1.40. The van der Waals surface area contributed by atoms with Crippen LogP contribution < -0.4 is 11.3 Å². The van der Waals surface area contributed by atoms with E-state index in [1.165, 1.54) is 0 Å². The lowest BCUT2D eigenvalue weighted by Gasteiger charge is -2.31. The topological polar surface area (TPSA) is 91.5 Å². The molecule has 0 saturated carbocycles. The second-order valence-corrected chi connectivity index (χ2v) is 5.00. The number of carbonyl (C=O) groups is 1.